The third-order valence-corrected chi connectivity index (χ3v) is 8.84. The molecular weight excluding hydrogens is 561 g/mol. The summed E-state index contributed by atoms with van der Waals surface area (Å²) in [6.07, 6.45) is 1.76. The van der Waals surface area contributed by atoms with Crippen LogP contribution < -0.4 is 0 Å². The van der Waals surface area contributed by atoms with Crippen LogP contribution >= 0.6 is 23.5 Å². The van der Waals surface area contributed by atoms with E-state index in [2.05, 4.69) is 28.2 Å². The molecule has 5 N–H and O–H groups in total. The molecule has 0 amide bonds. The lowest BCUT2D eigenvalue weighted by molar-refractivity contribution is -0.0236. The second kappa shape index (κ2) is 10.6. The smallest absolute Gasteiger partial charge is 0.389 e. The predicted molar refractivity (Wildman–Crippen MR) is 121 cm³/mol. The first-order valence-corrected chi connectivity index (χ1v) is 14.6. The molecular formula is C16H23N6O12P3. The van der Waals surface area contributed by atoms with E-state index >= 15 is 0 Å². The average molecular weight is 584 g/mol. The maximum atomic E-state index is 12.0. The van der Waals surface area contributed by atoms with E-state index in [1.165, 1.54) is 24.0 Å². The number of rotatable bonds is 10. The van der Waals surface area contributed by atoms with Crippen LogP contribution in [0.1, 0.15) is 24.4 Å². The van der Waals surface area contributed by atoms with Crippen LogP contribution in [0.25, 0.3) is 11.7 Å². The van der Waals surface area contributed by atoms with Gasteiger partial charge in [0.1, 0.15) is 35.7 Å². The summed E-state index contributed by atoms with van der Waals surface area (Å²) < 4.78 is 53.3. The number of aliphatic hydroxyl groups is 1. The van der Waals surface area contributed by atoms with Crippen LogP contribution in [-0.4, -0.2) is 82.1 Å². The van der Waals surface area contributed by atoms with E-state index in [0.29, 0.717) is 11.3 Å². The number of ether oxygens (including phenoxy) is 1. The van der Waals surface area contributed by atoms with Gasteiger partial charge in [0.15, 0.2) is 5.65 Å². The Morgan fingerprint density at radius 3 is 2.49 bits per heavy atom. The molecule has 0 bridgehead atoms. The van der Waals surface area contributed by atoms with Gasteiger partial charge in [-0.1, -0.05) is 0 Å². The van der Waals surface area contributed by atoms with Crippen molar-refractivity contribution in [3.8, 4) is 6.07 Å². The Kier molecular flexibility index (Phi) is 8.43. The van der Waals surface area contributed by atoms with Gasteiger partial charge in [-0.2, -0.15) is 19.0 Å². The quantitative estimate of drug-likeness (QED) is 0.236. The van der Waals surface area contributed by atoms with Crippen molar-refractivity contribution in [2.75, 3.05) is 20.7 Å². The Hall–Kier alpha value is -2.09. The first-order chi connectivity index (χ1) is 17.0. The Bertz CT molecular complexity index is 1370. The van der Waals surface area contributed by atoms with Crippen molar-refractivity contribution in [2.45, 2.75) is 25.2 Å². The van der Waals surface area contributed by atoms with Crippen LogP contribution in [0.15, 0.2) is 18.7 Å². The zero-order chi connectivity index (χ0) is 27.8. The van der Waals surface area contributed by atoms with Gasteiger partial charge in [0.25, 0.3) is 0 Å². The number of nitriles is 1. The van der Waals surface area contributed by atoms with Crippen molar-refractivity contribution in [1.82, 2.24) is 24.5 Å². The van der Waals surface area contributed by atoms with Crippen LogP contribution in [0, 0.1) is 16.7 Å². The molecule has 37 heavy (non-hydrogen) atoms. The molecule has 3 heterocycles. The SMILES string of the molecule is CN(C)/C=C\c1ncnn2c([C@@H]3O[C@H](COP(=O)(O)OP(=O)(O)OP(=O)(O)O)[C@@H](O)[C@@]3(C)C#N)cnc12. The van der Waals surface area contributed by atoms with Crippen molar-refractivity contribution in [2.24, 2.45) is 5.41 Å². The minimum absolute atomic E-state index is 0.237. The van der Waals surface area contributed by atoms with Gasteiger partial charge in [0, 0.05) is 20.3 Å². The van der Waals surface area contributed by atoms with Crippen LogP contribution in [0.4, 0.5) is 0 Å². The molecule has 6 atom stereocenters. The van der Waals surface area contributed by atoms with E-state index < -0.39 is 53.8 Å². The normalized spacial score (nSPS) is 27.7. The Balaban J connectivity index is 1.83. The molecule has 0 radical (unpaired) electrons. The molecule has 1 aliphatic heterocycles. The van der Waals surface area contributed by atoms with Gasteiger partial charge in [-0.15, -0.1) is 0 Å². The van der Waals surface area contributed by atoms with E-state index in [0.717, 1.165) is 0 Å². The van der Waals surface area contributed by atoms with Crippen LogP contribution in [0.2, 0.25) is 0 Å². The monoisotopic (exact) mass is 584 g/mol. The second-order valence-electron chi connectivity index (χ2n) is 8.12. The summed E-state index contributed by atoms with van der Waals surface area (Å²) in [5, 5.41) is 24.8. The maximum absolute atomic E-state index is 12.0. The van der Waals surface area contributed by atoms with Crippen molar-refractivity contribution in [1.29, 1.82) is 5.26 Å². The molecule has 1 fully saturated rings. The van der Waals surface area contributed by atoms with E-state index in [4.69, 9.17) is 14.5 Å². The highest BCUT2D eigenvalue weighted by molar-refractivity contribution is 7.66. The number of phosphoric acid groups is 3. The van der Waals surface area contributed by atoms with Crippen LogP contribution in [-0.2, 0) is 31.6 Å². The summed E-state index contributed by atoms with van der Waals surface area (Å²) >= 11 is 0. The van der Waals surface area contributed by atoms with Crippen molar-refractivity contribution in [3.63, 3.8) is 0 Å². The van der Waals surface area contributed by atoms with Crippen molar-refractivity contribution < 1.29 is 56.3 Å². The van der Waals surface area contributed by atoms with Crippen LogP contribution in [0.3, 0.4) is 0 Å². The largest absolute Gasteiger partial charge is 0.490 e. The molecule has 21 heteroatoms. The van der Waals surface area contributed by atoms with Crippen LogP contribution in [0.5, 0.6) is 0 Å². The third-order valence-electron chi connectivity index (χ3n) is 5.04. The molecule has 2 aromatic heterocycles. The van der Waals surface area contributed by atoms with E-state index in [9.17, 15) is 33.9 Å². The van der Waals surface area contributed by atoms with Gasteiger partial charge >= 0.3 is 23.5 Å². The first-order valence-electron chi connectivity index (χ1n) is 10.0. The number of imidazole rings is 1. The number of nitrogens with zero attached hydrogens (tertiary/aromatic N) is 6. The summed E-state index contributed by atoms with van der Waals surface area (Å²) in [4.78, 5) is 46.3. The molecule has 0 saturated carbocycles. The van der Waals surface area contributed by atoms with Crippen molar-refractivity contribution in [3.05, 3.63) is 30.1 Å². The second-order valence-corrected chi connectivity index (χ2v) is 12.5. The lowest BCUT2D eigenvalue weighted by Crippen LogP contribution is -2.36. The van der Waals surface area contributed by atoms with Gasteiger partial charge in [0.05, 0.1) is 24.6 Å². The lowest BCUT2D eigenvalue weighted by Gasteiger charge is -2.24. The molecule has 2 aromatic rings. The first kappa shape index (κ1) is 29.5. The van der Waals surface area contributed by atoms with E-state index in [1.807, 2.05) is 6.07 Å². The summed E-state index contributed by atoms with van der Waals surface area (Å²) in [5.74, 6) is 0. The van der Waals surface area contributed by atoms with Crippen molar-refractivity contribution >= 4 is 35.2 Å². The fraction of sp³-hybridized carbons (Fsp3) is 0.500. The van der Waals surface area contributed by atoms with Gasteiger partial charge in [-0.05, 0) is 13.0 Å². The molecule has 0 aliphatic carbocycles. The number of phosphoric ester groups is 1. The molecule has 0 aromatic carbocycles. The minimum Gasteiger partial charge on any atom is -0.389 e. The Morgan fingerprint density at radius 2 is 1.89 bits per heavy atom. The fourth-order valence-corrected chi connectivity index (χ4v) is 6.43. The highest BCUT2D eigenvalue weighted by Crippen LogP contribution is 2.66. The predicted octanol–water partition coefficient (Wildman–Crippen LogP) is 0.331. The number of hydrogen-bond acceptors (Lipinski definition) is 13. The molecule has 18 nitrogen and oxygen atoms in total. The Labute approximate surface area is 209 Å². The number of hydrogen-bond donors (Lipinski definition) is 5. The molecule has 1 saturated heterocycles. The Morgan fingerprint density at radius 1 is 1.22 bits per heavy atom. The van der Waals surface area contributed by atoms with Gasteiger partial charge in [-0.3, -0.25) is 4.52 Å². The van der Waals surface area contributed by atoms with Gasteiger partial charge in [-0.25, -0.2) is 28.2 Å². The topological polar surface area (TPSA) is 259 Å². The number of aliphatic hydroxyl groups excluding tert-OH is 1. The standard InChI is InChI=1S/C16H23N6O12P3/c1-16(8-17)13(23)12(7-31-36(27,28)34-37(29,30)33-35(24,25)26)32-14(16)11-6-18-15-10(4-5-21(2)3)19-9-20-22(11)15/h4-6,9,12-14,23H,7H2,1-3H3,(H,27,28)(H,29,30)(H2,24,25,26)/b5-4-/t12-,13-,14+,16-/m1/s1. The summed E-state index contributed by atoms with van der Waals surface area (Å²) in [6.45, 7) is 0.418. The maximum Gasteiger partial charge on any atom is 0.490 e. The number of fused-ring (bicyclic) bond motifs is 1. The fourth-order valence-electron chi connectivity index (χ4n) is 3.40. The molecule has 1 aliphatic rings. The molecule has 3 rings (SSSR count). The van der Waals surface area contributed by atoms with E-state index in [1.54, 1.807) is 31.3 Å². The third kappa shape index (κ3) is 6.87. The summed E-state index contributed by atoms with van der Waals surface area (Å²) in [5.41, 5.74) is -0.659. The highest BCUT2D eigenvalue weighted by atomic mass is 31.3. The minimum atomic E-state index is -5.73. The summed E-state index contributed by atoms with van der Waals surface area (Å²) in [6, 6.07) is 1.95. The molecule has 0 spiro atoms. The number of aromatic nitrogens is 4. The molecule has 2 unspecified atom stereocenters. The van der Waals surface area contributed by atoms with Gasteiger partial charge < -0.3 is 34.3 Å². The zero-order valence-corrected chi connectivity index (χ0v) is 22.1. The summed E-state index contributed by atoms with van der Waals surface area (Å²) in [7, 11) is -13.2. The lowest BCUT2D eigenvalue weighted by atomic mass is 9.80. The molecule has 204 valence electrons. The van der Waals surface area contributed by atoms with E-state index in [-0.39, 0.29) is 5.69 Å². The highest BCUT2D eigenvalue weighted by Gasteiger charge is 2.56. The van der Waals surface area contributed by atoms with Gasteiger partial charge in [0.2, 0.25) is 0 Å². The zero-order valence-electron chi connectivity index (χ0n) is 19.4. The average Bonchev–Trinajstić information content (AvgIpc) is 3.28.